The van der Waals surface area contributed by atoms with E-state index in [1.165, 1.54) is 0 Å². The van der Waals surface area contributed by atoms with Crippen molar-refractivity contribution in [2.75, 3.05) is 26.8 Å². The van der Waals surface area contributed by atoms with Gasteiger partial charge in [0.1, 0.15) is 0 Å². The van der Waals surface area contributed by atoms with Crippen LogP contribution in [-0.4, -0.2) is 37.6 Å². The summed E-state index contributed by atoms with van der Waals surface area (Å²) in [6, 6.07) is 3.32. The maximum atomic E-state index is 12.4. The van der Waals surface area contributed by atoms with Crippen LogP contribution in [0.2, 0.25) is 5.02 Å². The number of nitrogens with zero attached hydrogens (tertiary/aromatic N) is 1. The van der Waals surface area contributed by atoms with Crippen molar-refractivity contribution in [3.05, 3.63) is 22.7 Å². The smallest absolute Gasteiger partial charge is 0.254 e. The van der Waals surface area contributed by atoms with Crippen LogP contribution in [0.25, 0.3) is 0 Å². The summed E-state index contributed by atoms with van der Waals surface area (Å²) in [5.41, 5.74) is 0.512. The highest BCUT2D eigenvalue weighted by molar-refractivity contribution is 6.32. The monoisotopic (exact) mass is 313 g/mol. The Kier molecular flexibility index (Phi) is 6.82. The van der Waals surface area contributed by atoms with E-state index >= 15 is 0 Å². The van der Waals surface area contributed by atoms with E-state index in [4.69, 9.17) is 21.1 Å². The predicted molar refractivity (Wildman–Crippen MR) is 85.6 cm³/mol. The molecule has 118 valence electrons. The number of rotatable bonds is 7. The van der Waals surface area contributed by atoms with Gasteiger partial charge in [0.15, 0.2) is 11.5 Å². The molecule has 1 amide bonds. The molecule has 1 aromatic carbocycles. The number of hydrogen-bond donors (Lipinski definition) is 0. The summed E-state index contributed by atoms with van der Waals surface area (Å²) < 4.78 is 11.0. The fraction of sp³-hybridized carbons (Fsp3) is 0.562. The Bertz CT molecular complexity index is 485. The number of carbonyl (C=O) groups is 1. The van der Waals surface area contributed by atoms with Gasteiger partial charge in [-0.2, -0.15) is 0 Å². The first-order valence-electron chi connectivity index (χ1n) is 7.24. The molecule has 0 saturated carbocycles. The van der Waals surface area contributed by atoms with E-state index in [1.54, 1.807) is 24.1 Å². The van der Waals surface area contributed by atoms with Gasteiger partial charge in [-0.15, -0.1) is 0 Å². The van der Waals surface area contributed by atoms with Crippen LogP contribution in [0.3, 0.4) is 0 Å². The maximum absolute atomic E-state index is 12.4. The number of methoxy groups -OCH3 is 1. The number of benzene rings is 1. The number of hydrogen-bond acceptors (Lipinski definition) is 3. The first kappa shape index (κ1) is 17.6. The first-order chi connectivity index (χ1) is 9.94. The van der Waals surface area contributed by atoms with Crippen molar-refractivity contribution < 1.29 is 14.3 Å². The van der Waals surface area contributed by atoms with Crippen LogP contribution in [0.15, 0.2) is 12.1 Å². The summed E-state index contributed by atoms with van der Waals surface area (Å²) in [5.74, 6) is 1.29. The third kappa shape index (κ3) is 4.53. The largest absolute Gasteiger partial charge is 0.493 e. The zero-order valence-electron chi connectivity index (χ0n) is 13.4. The molecule has 0 aliphatic rings. The van der Waals surface area contributed by atoms with Gasteiger partial charge in [0, 0.05) is 18.7 Å². The Balaban J connectivity index is 3.11. The number of halogens is 1. The second kappa shape index (κ2) is 8.13. The zero-order chi connectivity index (χ0) is 16.0. The van der Waals surface area contributed by atoms with Gasteiger partial charge in [-0.05, 0) is 31.9 Å². The van der Waals surface area contributed by atoms with Gasteiger partial charge < -0.3 is 14.4 Å². The fourth-order valence-electron chi connectivity index (χ4n) is 1.93. The third-order valence-electron chi connectivity index (χ3n) is 3.09. The average Bonchev–Trinajstić information content (AvgIpc) is 2.46. The van der Waals surface area contributed by atoms with Crippen LogP contribution in [0.5, 0.6) is 11.5 Å². The Hall–Kier alpha value is -1.42. The molecule has 1 aromatic rings. The van der Waals surface area contributed by atoms with Crippen molar-refractivity contribution in [2.45, 2.75) is 27.7 Å². The second-order valence-corrected chi connectivity index (χ2v) is 5.58. The predicted octanol–water partition coefficient (Wildman–Crippen LogP) is 3.87. The van der Waals surface area contributed by atoms with Gasteiger partial charge in [0.05, 0.1) is 18.7 Å². The van der Waals surface area contributed by atoms with Crippen LogP contribution in [0, 0.1) is 5.92 Å². The van der Waals surface area contributed by atoms with Gasteiger partial charge in [-0.1, -0.05) is 25.4 Å². The molecule has 0 bridgehead atoms. The Morgan fingerprint density at radius 3 is 2.38 bits per heavy atom. The quantitative estimate of drug-likeness (QED) is 0.767. The maximum Gasteiger partial charge on any atom is 0.254 e. The summed E-state index contributed by atoms with van der Waals surface area (Å²) in [5, 5.41) is 0.394. The van der Waals surface area contributed by atoms with Crippen molar-refractivity contribution >= 4 is 17.5 Å². The SMILES string of the molecule is CCN(CC)C(=O)c1cc(Cl)c(OCC(C)C)c(OC)c1. The lowest BCUT2D eigenvalue weighted by Crippen LogP contribution is -2.30. The molecule has 0 atom stereocenters. The number of carbonyl (C=O) groups excluding carboxylic acids is 1. The standard InChI is InChI=1S/C16H24ClNO3/c1-6-18(7-2)16(19)12-8-13(17)15(14(9-12)20-5)21-10-11(3)4/h8-9,11H,6-7,10H2,1-5H3. The minimum absolute atomic E-state index is 0.0596. The molecule has 4 nitrogen and oxygen atoms in total. The molecule has 0 unspecified atom stereocenters. The molecule has 21 heavy (non-hydrogen) atoms. The van der Waals surface area contributed by atoms with Crippen molar-refractivity contribution in [3.63, 3.8) is 0 Å². The highest BCUT2D eigenvalue weighted by atomic mass is 35.5. The summed E-state index contributed by atoms with van der Waals surface area (Å²) in [4.78, 5) is 14.1. The second-order valence-electron chi connectivity index (χ2n) is 5.17. The summed E-state index contributed by atoms with van der Waals surface area (Å²) in [6.07, 6.45) is 0. The minimum atomic E-state index is -0.0596. The van der Waals surface area contributed by atoms with Crippen LogP contribution in [0.4, 0.5) is 0 Å². The molecule has 0 fully saturated rings. The van der Waals surface area contributed by atoms with E-state index in [1.807, 2.05) is 13.8 Å². The lowest BCUT2D eigenvalue weighted by molar-refractivity contribution is 0.0772. The van der Waals surface area contributed by atoms with Crippen molar-refractivity contribution in [2.24, 2.45) is 5.92 Å². The van der Waals surface area contributed by atoms with E-state index in [9.17, 15) is 4.79 Å². The Labute approximate surface area is 132 Å². The molecule has 0 aliphatic carbocycles. The molecular weight excluding hydrogens is 290 g/mol. The average molecular weight is 314 g/mol. The molecule has 0 heterocycles. The molecule has 1 rings (SSSR count). The van der Waals surface area contributed by atoms with E-state index in [-0.39, 0.29) is 5.91 Å². The lowest BCUT2D eigenvalue weighted by atomic mass is 10.1. The van der Waals surface area contributed by atoms with E-state index in [2.05, 4.69) is 13.8 Å². The van der Waals surface area contributed by atoms with Gasteiger partial charge in [0.25, 0.3) is 5.91 Å². The van der Waals surface area contributed by atoms with Crippen LogP contribution < -0.4 is 9.47 Å². The third-order valence-corrected chi connectivity index (χ3v) is 3.37. The molecule has 0 spiro atoms. The van der Waals surface area contributed by atoms with Crippen LogP contribution >= 0.6 is 11.6 Å². The lowest BCUT2D eigenvalue weighted by Gasteiger charge is -2.20. The highest BCUT2D eigenvalue weighted by Gasteiger charge is 2.19. The van der Waals surface area contributed by atoms with Crippen molar-refractivity contribution in [3.8, 4) is 11.5 Å². The molecule has 0 saturated heterocycles. The molecule has 0 aromatic heterocycles. The van der Waals surface area contributed by atoms with Gasteiger partial charge in [-0.3, -0.25) is 4.79 Å². The summed E-state index contributed by atoms with van der Waals surface area (Å²) in [7, 11) is 1.54. The Morgan fingerprint density at radius 1 is 1.29 bits per heavy atom. The molecular formula is C16H24ClNO3. The molecule has 0 radical (unpaired) electrons. The highest BCUT2D eigenvalue weighted by Crippen LogP contribution is 2.37. The summed E-state index contributed by atoms with van der Waals surface area (Å²) >= 11 is 6.26. The van der Waals surface area contributed by atoms with Gasteiger partial charge >= 0.3 is 0 Å². The van der Waals surface area contributed by atoms with Crippen molar-refractivity contribution in [1.29, 1.82) is 0 Å². The zero-order valence-corrected chi connectivity index (χ0v) is 14.2. The fourth-order valence-corrected chi connectivity index (χ4v) is 2.19. The normalized spacial score (nSPS) is 10.6. The van der Waals surface area contributed by atoms with Gasteiger partial charge in [0.2, 0.25) is 0 Å². The van der Waals surface area contributed by atoms with Crippen LogP contribution in [-0.2, 0) is 0 Å². The van der Waals surface area contributed by atoms with E-state index in [0.29, 0.717) is 47.7 Å². The van der Waals surface area contributed by atoms with Crippen molar-refractivity contribution in [1.82, 2.24) is 4.90 Å². The Morgan fingerprint density at radius 2 is 1.90 bits per heavy atom. The summed E-state index contributed by atoms with van der Waals surface area (Å²) in [6.45, 7) is 9.85. The minimum Gasteiger partial charge on any atom is -0.493 e. The first-order valence-corrected chi connectivity index (χ1v) is 7.61. The van der Waals surface area contributed by atoms with Gasteiger partial charge in [-0.25, -0.2) is 0 Å². The molecule has 5 heteroatoms. The molecule has 0 aliphatic heterocycles. The van der Waals surface area contributed by atoms with Crippen LogP contribution in [0.1, 0.15) is 38.1 Å². The topological polar surface area (TPSA) is 38.8 Å². The molecule has 0 N–H and O–H groups in total. The number of amides is 1. The number of ether oxygens (including phenoxy) is 2. The van der Waals surface area contributed by atoms with E-state index in [0.717, 1.165) is 0 Å². The van der Waals surface area contributed by atoms with E-state index < -0.39 is 0 Å².